The Morgan fingerprint density at radius 2 is 1.08 bits per heavy atom. The fourth-order valence-corrected chi connectivity index (χ4v) is 5.96. The van der Waals surface area contributed by atoms with E-state index in [2.05, 4.69) is 39.8 Å². The van der Waals surface area contributed by atoms with Gasteiger partial charge in [-0.3, -0.25) is 0 Å². The second kappa shape index (κ2) is 4.74. The Balaban J connectivity index is 2.20. The Hall–Kier alpha value is -2.04. The molecule has 0 bridgehead atoms. The summed E-state index contributed by atoms with van der Waals surface area (Å²) in [5.74, 6) is 0. The van der Waals surface area contributed by atoms with Gasteiger partial charge in [-0.05, 0) is 51.0 Å². The summed E-state index contributed by atoms with van der Waals surface area (Å²) in [5, 5.41) is 2.58. The summed E-state index contributed by atoms with van der Waals surface area (Å²) in [6.07, 6.45) is 0. The number of rotatable bonds is 0. The van der Waals surface area contributed by atoms with E-state index >= 15 is 0 Å². The van der Waals surface area contributed by atoms with Crippen LogP contribution in [0.5, 0.6) is 0 Å². The first-order valence-corrected chi connectivity index (χ1v) is 9.67. The molecule has 2 nitrogen and oxygen atoms in total. The van der Waals surface area contributed by atoms with Crippen LogP contribution in [0.15, 0.2) is 24.3 Å². The number of para-hydroxylation sites is 2. The highest BCUT2D eigenvalue weighted by Gasteiger charge is 2.20. The first-order valence-electron chi connectivity index (χ1n) is 8.04. The van der Waals surface area contributed by atoms with Gasteiger partial charge in [-0.15, -0.1) is 22.7 Å². The summed E-state index contributed by atoms with van der Waals surface area (Å²) in [7, 11) is 0. The van der Waals surface area contributed by atoms with E-state index in [1.54, 1.807) is 0 Å². The molecule has 118 valence electrons. The van der Waals surface area contributed by atoms with Crippen molar-refractivity contribution in [2.75, 3.05) is 0 Å². The highest BCUT2D eigenvalue weighted by atomic mass is 32.1. The third kappa shape index (κ3) is 1.70. The summed E-state index contributed by atoms with van der Waals surface area (Å²) < 4.78 is 2.75. The Kier molecular flexibility index (Phi) is 2.83. The van der Waals surface area contributed by atoms with Gasteiger partial charge in [-0.25, -0.2) is 9.97 Å². The van der Waals surface area contributed by atoms with Gasteiger partial charge < -0.3 is 0 Å². The Labute approximate surface area is 147 Å². The van der Waals surface area contributed by atoms with E-state index < -0.39 is 0 Å². The molecule has 0 atom stereocenters. The third-order valence-electron chi connectivity index (χ3n) is 5.02. The second-order valence-corrected chi connectivity index (χ2v) is 8.83. The molecule has 5 aromatic rings. The molecule has 2 aromatic carbocycles. The molecule has 24 heavy (non-hydrogen) atoms. The van der Waals surface area contributed by atoms with Gasteiger partial charge in [0.2, 0.25) is 0 Å². The maximum atomic E-state index is 5.03. The van der Waals surface area contributed by atoms with E-state index in [0.29, 0.717) is 0 Å². The molecule has 0 N–H and O–H groups in total. The molecule has 0 spiro atoms. The van der Waals surface area contributed by atoms with Gasteiger partial charge in [0, 0.05) is 20.5 Å². The van der Waals surface area contributed by atoms with E-state index in [9.17, 15) is 0 Å². The van der Waals surface area contributed by atoms with Crippen molar-refractivity contribution in [1.29, 1.82) is 0 Å². The maximum absolute atomic E-state index is 5.03. The second-order valence-electron chi connectivity index (χ2n) is 6.38. The predicted molar refractivity (Wildman–Crippen MR) is 107 cm³/mol. The van der Waals surface area contributed by atoms with Crippen LogP contribution in [0.25, 0.3) is 42.2 Å². The number of aryl methyl sites for hydroxylation is 4. The lowest BCUT2D eigenvalue weighted by Crippen LogP contribution is -1.90. The van der Waals surface area contributed by atoms with Gasteiger partial charge in [0.1, 0.15) is 0 Å². The molecule has 0 saturated heterocycles. The lowest BCUT2D eigenvalue weighted by molar-refractivity contribution is 1.40. The molecular formula is C20H16N2S2. The number of hydrogen-bond acceptors (Lipinski definition) is 4. The van der Waals surface area contributed by atoms with Crippen molar-refractivity contribution < 1.29 is 0 Å². The lowest BCUT2D eigenvalue weighted by Gasteiger charge is -2.06. The minimum absolute atomic E-state index is 0.971. The molecule has 4 heteroatoms. The monoisotopic (exact) mass is 348 g/mol. The fourth-order valence-electron chi connectivity index (χ4n) is 3.49. The Morgan fingerprint density at radius 3 is 1.50 bits per heavy atom. The van der Waals surface area contributed by atoms with Gasteiger partial charge in [-0.1, -0.05) is 12.1 Å². The van der Waals surface area contributed by atoms with Crippen molar-refractivity contribution in [3.63, 3.8) is 0 Å². The number of hydrogen-bond donors (Lipinski definition) is 0. The molecule has 0 amide bonds. The van der Waals surface area contributed by atoms with Crippen molar-refractivity contribution in [1.82, 2.24) is 9.97 Å². The molecule has 0 aliphatic rings. The van der Waals surface area contributed by atoms with Crippen molar-refractivity contribution in [2.45, 2.75) is 27.7 Å². The molecule has 0 unspecified atom stereocenters. The Morgan fingerprint density at radius 1 is 0.667 bits per heavy atom. The average Bonchev–Trinajstić information content (AvgIpc) is 3.04. The number of fused-ring (bicyclic) bond motifs is 7. The Bertz CT molecular complexity index is 1190. The third-order valence-corrected chi connectivity index (χ3v) is 7.60. The smallest absolute Gasteiger partial charge is 0.0991 e. The van der Waals surface area contributed by atoms with Crippen LogP contribution in [0.4, 0.5) is 0 Å². The van der Waals surface area contributed by atoms with Crippen LogP contribution in [0.3, 0.4) is 0 Å². The molecule has 0 fully saturated rings. The molecule has 0 radical (unpaired) electrons. The highest BCUT2D eigenvalue weighted by molar-refractivity contribution is 7.27. The molecule has 0 aliphatic carbocycles. The quantitative estimate of drug-likeness (QED) is 0.301. The standard InChI is InChI=1S/C20H16N2S2/c1-9-11(3)23-19-15(9)17-18(16-10(2)12(4)24-20(16)19)22-14-8-6-5-7-13(14)21-17/h5-8H,1-4H3. The first-order chi connectivity index (χ1) is 11.6. The topological polar surface area (TPSA) is 25.8 Å². The predicted octanol–water partition coefficient (Wildman–Crippen LogP) is 6.45. The molecule has 3 heterocycles. The summed E-state index contributed by atoms with van der Waals surface area (Å²) in [5.41, 5.74) is 6.74. The van der Waals surface area contributed by atoms with E-state index in [0.717, 1.165) is 22.1 Å². The van der Waals surface area contributed by atoms with E-state index in [1.807, 2.05) is 34.8 Å². The van der Waals surface area contributed by atoms with Crippen LogP contribution >= 0.6 is 22.7 Å². The van der Waals surface area contributed by atoms with Crippen molar-refractivity contribution in [3.05, 3.63) is 45.1 Å². The lowest BCUT2D eigenvalue weighted by atomic mass is 10.0. The summed E-state index contributed by atoms with van der Waals surface area (Å²) in [4.78, 5) is 12.8. The first kappa shape index (κ1) is 14.3. The number of benzene rings is 2. The van der Waals surface area contributed by atoms with Gasteiger partial charge in [0.15, 0.2) is 0 Å². The number of nitrogens with zero attached hydrogens (tertiary/aromatic N) is 2. The minimum Gasteiger partial charge on any atom is -0.244 e. The molecule has 3 aromatic heterocycles. The van der Waals surface area contributed by atoms with Gasteiger partial charge in [0.05, 0.1) is 31.5 Å². The largest absolute Gasteiger partial charge is 0.244 e. The van der Waals surface area contributed by atoms with Gasteiger partial charge in [-0.2, -0.15) is 0 Å². The van der Waals surface area contributed by atoms with E-state index in [4.69, 9.17) is 9.97 Å². The average molecular weight is 348 g/mol. The summed E-state index contributed by atoms with van der Waals surface area (Å²) >= 11 is 3.79. The van der Waals surface area contributed by atoms with E-state index in [1.165, 1.54) is 41.1 Å². The minimum atomic E-state index is 0.971. The zero-order valence-corrected chi connectivity index (χ0v) is 15.7. The fraction of sp³-hybridized carbons (Fsp3) is 0.200. The molecule has 0 aliphatic heterocycles. The van der Waals surface area contributed by atoms with Crippen LogP contribution in [0.1, 0.15) is 20.9 Å². The SMILES string of the molecule is Cc1sc2c3sc(C)c(C)c3c3nc4ccccc4nc3c2c1C. The van der Waals surface area contributed by atoms with Crippen LogP contribution in [-0.4, -0.2) is 9.97 Å². The maximum Gasteiger partial charge on any atom is 0.0991 e. The normalized spacial score (nSPS) is 12.2. The van der Waals surface area contributed by atoms with Crippen LogP contribution < -0.4 is 0 Å². The van der Waals surface area contributed by atoms with Crippen LogP contribution in [0, 0.1) is 27.7 Å². The van der Waals surface area contributed by atoms with Crippen molar-refractivity contribution in [3.8, 4) is 0 Å². The molecular weight excluding hydrogens is 332 g/mol. The number of aromatic nitrogens is 2. The van der Waals surface area contributed by atoms with Crippen LogP contribution in [-0.2, 0) is 0 Å². The molecule has 0 saturated carbocycles. The van der Waals surface area contributed by atoms with Gasteiger partial charge in [0.25, 0.3) is 0 Å². The van der Waals surface area contributed by atoms with E-state index in [-0.39, 0.29) is 0 Å². The van der Waals surface area contributed by atoms with Gasteiger partial charge >= 0.3 is 0 Å². The number of thiophene rings is 2. The zero-order chi connectivity index (χ0) is 16.6. The van der Waals surface area contributed by atoms with Crippen LogP contribution in [0.2, 0.25) is 0 Å². The zero-order valence-electron chi connectivity index (χ0n) is 14.0. The highest BCUT2D eigenvalue weighted by Crippen LogP contribution is 2.45. The van der Waals surface area contributed by atoms with Crippen molar-refractivity contribution in [2.24, 2.45) is 0 Å². The van der Waals surface area contributed by atoms with Crippen molar-refractivity contribution >= 4 is 64.9 Å². The summed E-state index contributed by atoms with van der Waals surface area (Å²) in [6, 6.07) is 8.17. The molecule has 5 rings (SSSR count). The summed E-state index contributed by atoms with van der Waals surface area (Å²) in [6.45, 7) is 8.84.